The van der Waals surface area contributed by atoms with Crippen molar-refractivity contribution in [2.24, 2.45) is 5.73 Å². The van der Waals surface area contributed by atoms with Gasteiger partial charge in [-0.2, -0.15) is 0 Å². The molecule has 0 radical (unpaired) electrons. The van der Waals surface area contributed by atoms with Crippen LogP contribution in [0, 0.1) is 6.92 Å². The first-order chi connectivity index (χ1) is 7.13. The lowest BCUT2D eigenvalue weighted by molar-refractivity contribution is 0.177. The summed E-state index contributed by atoms with van der Waals surface area (Å²) in [7, 11) is 3.11. The second-order valence-corrected chi connectivity index (χ2v) is 3.33. The summed E-state index contributed by atoms with van der Waals surface area (Å²) in [5, 5.41) is 9.76. The van der Waals surface area contributed by atoms with Crippen LogP contribution in [0.2, 0.25) is 0 Å². The molecule has 0 aromatic heterocycles. The molecule has 0 spiro atoms. The van der Waals surface area contributed by atoms with Gasteiger partial charge in [-0.15, -0.1) is 0 Å². The molecule has 0 saturated carbocycles. The molecule has 84 valence electrons. The van der Waals surface area contributed by atoms with Crippen LogP contribution in [-0.2, 0) is 0 Å². The van der Waals surface area contributed by atoms with Gasteiger partial charge in [0.05, 0.1) is 25.9 Å². The van der Waals surface area contributed by atoms with Crippen LogP contribution in [0.15, 0.2) is 12.1 Å². The molecule has 1 aromatic rings. The third kappa shape index (κ3) is 2.40. The predicted octanol–water partition coefficient (Wildman–Crippen LogP) is 1.00. The topological polar surface area (TPSA) is 64.7 Å². The number of rotatable bonds is 4. The maximum absolute atomic E-state index is 9.76. The lowest BCUT2D eigenvalue weighted by Crippen LogP contribution is -2.14. The van der Waals surface area contributed by atoms with Gasteiger partial charge in [0, 0.05) is 6.54 Å². The number of aliphatic hydroxyl groups is 1. The zero-order valence-electron chi connectivity index (χ0n) is 9.28. The molecule has 0 saturated heterocycles. The maximum Gasteiger partial charge on any atom is 0.128 e. The summed E-state index contributed by atoms with van der Waals surface area (Å²) < 4.78 is 10.4. The van der Waals surface area contributed by atoms with Gasteiger partial charge in [0.1, 0.15) is 11.5 Å². The van der Waals surface area contributed by atoms with E-state index in [9.17, 15) is 5.11 Å². The van der Waals surface area contributed by atoms with Crippen molar-refractivity contribution < 1.29 is 14.6 Å². The molecule has 0 amide bonds. The number of aryl methyl sites for hydroxylation is 1. The number of ether oxygens (including phenoxy) is 2. The fraction of sp³-hybridized carbons (Fsp3) is 0.455. The van der Waals surface area contributed by atoms with E-state index in [0.29, 0.717) is 17.1 Å². The molecule has 1 rings (SSSR count). The van der Waals surface area contributed by atoms with E-state index in [-0.39, 0.29) is 6.54 Å². The smallest absolute Gasteiger partial charge is 0.128 e. The summed E-state index contributed by atoms with van der Waals surface area (Å²) in [5.41, 5.74) is 7.04. The molecule has 0 fully saturated rings. The second kappa shape index (κ2) is 5.00. The van der Waals surface area contributed by atoms with E-state index in [4.69, 9.17) is 15.2 Å². The molecule has 0 aliphatic rings. The number of aliphatic hydroxyl groups excluding tert-OH is 1. The summed E-state index contributed by atoms with van der Waals surface area (Å²) in [6.07, 6.45) is -0.768. The van der Waals surface area contributed by atoms with Gasteiger partial charge < -0.3 is 20.3 Å². The summed E-state index contributed by atoms with van der Waals surface area (Å²) >= 11 is 0. The highest BCUT2D eigenvalue weighted by Crippen LogP contribution is 2.34. The van der Waals surface area contributed by atoms with Crippen molar-refractivity contribution in [2.75, 3.05) is 20.8 Å². The van der Waals surface area contributed by atoms with Crippen LogP contribution in [0.1, 0.15) is 17.2 Å². The largest absolute Gasteiger partial charge is 0.496 e. The van der Waals surface area contributed by atoms with Crippen LogP contribution in [0.5, 0.6) is 11.5 Å². The van der Waals surface area contributed by atoms with E-state index < -0.39 is 6.10 Å². The Hall–Kier alpha value is -1.26. The van der Waals surface area contributed by atoms with Crippen molar-refractivity contribution in [3.8, 4) is 11.5 Å². The molecule has 4 nitrogen and oxygen atoms in total. The van der Waals surface area contributed by atoms with E-state index >= 15 is 0 Å². The first-order valence-corrected chi connectivity index (χ1v) is 4.74. The molecule has 0 aliphatic carbocycles. The van der Waals surface area contributed by atoms with Gasteiger partial charge in [0.25, 0.3) is 0 Å². The van der Waals surface area contributed by atoms with Crippen LogP contribution < -0.4 is 15.2 Å². The normalized spacial score (nSPS) is 12.3. The monoisotopic (exact) mass is 211 g/mol. The number of methoxy groups -OCH3 is 2. The maximum atomic E-state index is 9.76. The van der Waals surface area contributed by atoms with E-state index in [2.05, 4.69) is 0 Å². The van der Waals surface area contributed by atoms with E-state index in [1.807, 2.05) is 19.1 Å². The van der Waals surface area contributed by atoms with Crippen LogP contribution >= 0.6 is 0 Å². The Morgan fingerprint density at radius 2 is 1.73 bits per heavy atom. The Morgan fingerprint density at radius 1 is 1.27 bits per heavy atom. The third-order valence-electron chi connectivity index (χ3n) is 2.24. The fourth-order valence-electron chi connectivity index (χ4n) is 1.52. The van der Waals surface area contributed by atoms with E-state index in [0.717, 1.165) is 5.56 Å². The summed E-state index contributed by atoms with van der Waals surface area (Å²) in [6, 6.07) is 3.69. The van der Waals surface area contributed by atoms with Gasteiger partial charge in [-0.1, -0.05) is 0 Å². The Balaban J connectivity index is 3.30. The number of hydrogen-bond acceptors (Lipinski definition) is 4. The Kier molecular flexibility index (Phi) is 3.94. The average molecular weight is 211 g/mol. The van der Waals surface area contributed by atoms with Crippen LogP contribution in [0.4, 0.5) is 0 Å². The number of hydrogen-bond donors (Lipinski definition) is 2. The van der Waals surface area contributed by atoms with Gasteiger partial charge in [0.15, 0.2) is 0 Å². The average Bonchev–Trinajstić information content (AvgIpc) is 2.26. The van der Waals surface area contributed by atoms with Crippen molar-refractivity contribution in [3.63, 3.8) is 0 Å². The number of nitrogens with two attached hydrogens (primary N) is 1. The first kappa shape index (κ1) is 11.8. The number of benzene rings is 1. The van der Waals surface area contributed by atoms with Crippen LogP contribution in [0.25, 0.3) is 0 Å². The summed E-state index contributed by atoms with van der Waals surface area (Å²) in [5.74, 6) is 1.20. The second-order valence-electron chi connectivity index (χ2n) is 3.33. The molecular formula is C11H17NO3. The van der Waals surface area contributed by atoms with Crippen molar-refractivity contribution >= 4 is 0 Å². The predicted molar refractivity (Wildman–Crippen MR) is 58.3 cm³/mol. The van der Waals surface area contributed by atoms with Crippen LogP contribution in [-0.4, -0.2) is 25.9 Å². The fourth-order valence-corrected chi connectivity index (χ4v) is 1.52. The Morgan fingerprint density at radius 3 is 2.07 bits per heavy atom. The molecular weight excluding hydrogens is 194 g/mol. The highest BCUT2D eigenvalue weighted by atomic mass is 16.5. The van der Waals surface area contributed by atoms with Crippen molar-refractivity contribution in [1.29, 1.82) is 0 Å². The summed E-state index contributed by atoms with van der Waals surface area (Å²) in [4.78, 5) is 0. The lowest BCUT2D eigenvalue weighted by atomic mass is 10.0. The standard InChI is InChI=1S/C11H17NO3/c1-7-4-9(14-2)11(8(13)6-12)10(5-7)15-3/h4-5,8,13H,6,12H2,1-3H3. The lowest BCUT2D eigenvalue weighted by Gasteiger charge is -2.17. The summed E-state index contributed by atoms with van der Waals surface area (Å²) in [6.45, 7) is 2.07. The van der Waals surface area contributed by atoms with Crippen LogP contribution in [0.3, 0.4) is 0 Å². The van der Waals surface area contributed by atoms with E-state index in [1.54, 1.807) is 14.2 Å². The third-order valence-corrected chi connectivity index (χ3v) is 2.24. The quantitative estimate of drug-likeness (QED) is 0.780. The molecule has 0 bridgehead atoms. The molecule has 4 heteroatoms. The molecule has 0 heterocycles. The SMILES string of the molecule is COc1cc(C)cc(OC)c1C(O)CN. The minimum Gasteiger partial charge on any atom is -0.496 e. The van der Waals surface area contributed by atoms with Crippen molar-refractivity contribution in [3.05, 3.63) is 23.3 Å². The Bertz CT molecular complexity index is 314. The van der Waals surface area contributed by atoms with Gasteiger partial charge in [0.2, 0.25) is 0 Å². The highest BCUT2D eigenvalue weighted by molar-refractivity contribution is 5.49. The Labute approximate surface area is 89.6 Å². The molecule has 3 N–H and O–H groups in total. The van der Waals surface area contributed by atoms with Crippen molar-refractivity contribution in [2.45, 2.75) is 13.0 Å². The zero-order valence-corrected chi connectivity index (χ0v) is 9.28. The highest BCUT2D eigenvalue weighted by Gasteiger charge is 2.18. The zero-order chi connectivity index (χ0) is 11.4. The molecule has 1 unspecified atom stereocenters. The minimum absolute atomic E-state index is 0.135. The van der Waals surface area contributed by atoms with Gasteiger partial charge in [-0.05, 0) is 24.6 Å². The van der Waals surface area contributed by atoms with E-state index in [1.165, 1.54) is 0 Å². The molecule has 0 aliphatic heterocycles. The van der Waals surface area contributed by atoms with Gasteiger partial charge >= 0.3 is 0 Å². The molecule has 15 heavy (non-hydrogen) atoms. The first-order valence-electron chi connectivity index (χ1n) is 4.74. The van der Waals surface area contributed by atoms with Gasteiger partial charge in [-0.25, -0.2) is 0 Å². The van der Waals surface area contributed by atoms with Gasteiger partial charge in [-0.3, -0.25) is 0 Å². The molecule has 1 aromatic carbocycles. The van der Waals surface area contributed by atoms with Crippen molar-refractivity contribution in [1.82, 2.24) is 0 Å². The molecule has 1 atom stereocenters. The minimum atomic E-state index is -0.768.